The summed E-state index contributed by atoms with van der Waals surface area (Å²) in [7, 11) is 0. The fourth-order valence-electron chi connectivity index (χ4n) is 0. The third kappa shape index (κ3) is 1590. The molecule has 4 atom stereocenters. The molecule has 0 spiro atoms. The van der Waals surface area contributed by atoms with E-state index in [2.05, 4.69) is 0 Å². The predicted octanol–water partition coefficient (Wildman–Crippen LogP) is -8.98. The van der Waals surface area contributed by atoms with E-state index in [1.54, 1.807) is 0 Å². The maximum atomic E-state index is 8.65. The molecular weight excluding hydrogens is 703 g/mol. The van der Waals surface area contributed by atoms with Gasteiger partial charge in [-0.3, -0.25) is 0 Å². The molecule has 0 aliphatic heterocycles. The zero-order chi connectivity index (χ0) is 14.3. The van der Waals surface area contributed by atoms with Crippen molar-refractivity contribution in [2.24, 2.45) is 0 Å². The molecule has 4 N–H and O–H groups in total. The molecule has 0 aromatic rings. The Balaban J connectivity index is -0.0000000369. The van der Waals surface area contributed by atoms with E-state index < -0.39 is 58.0 Å². The van der Waals surface area contributed by atoms with Gasteiger partial charge in [0.2, 0.25) is 0 Å². The number of hydrogen-bond donors (Lipinski definition) is 4. The van der Waals surface area contributed by atoms with Gasteiger partial charge < -0.3 is 0 Å². The van der Waals surface area contributed by atoms with Gasteiger partial charge in [-0.25, -0.2) is 0 Å². The minimum atomic E-state index is -3.54. The summed E-state index contributed by atoms with van der Waals surface area (Å²) in [4.78, 5) is 0. The third-order valence-electron chi connectivity index (χ3n) is 0. The molecule has 17 heteroatoms. The van der Waals surface area contributed by atoms with Crippen molar-refractivity contribution in [1.82, 2.24) is 0 Å². The van der Waals surface area contributed by atoms with Crippen molar-refractivity contribution < 1.29 is 69.9 Å². The van der Waals surface area contributed by atoms with Crippen LogP contribution in [-0.2, 0) is 36.4 Å². The van der Waals surface area contributed by atoms with E-state index in [1.807, 2.05) is 0 Å². The van der Waals surface area contributed by atoms with Crippen molar-refractivity contribution in [2.45, 2.75) is 0 Å². The van der Waals surface area contributed by atoms with Crippen molar-refractivity contribution in [3.63, 3.8) is 0 Å². The van der Waals surface area contributed by atoms with Gasteiger partial charge in [-0.15, -0.1) is 0 Å². The van der Waals surface area contributed by atoms with E-state index in [-0.39, 0.29) is 21.1 Å². The Morgan fingerprint density at radius 2 is 0.529 bits per heavy atom. The Hall–Kier alpha value is 1.65. The van der Waals surface area contributed by atoms with Gasteiger partial charge in [0.25, 0.3) is 0 Å². The largest absolute Gasteiger partial charge is 4.00 e. The van der Waals surface area contributed by atoms with Gasteiger partial charge in [-0.05, 0) is 0 Å². The van der Waals surface area contributed by atoms with Gasteiger partial charge in [0, 0.05) is 0 Å². The Bertz CT molecular complexity index is 159. The average Bonchev–Trinajstić information content (AvgIpc) is 1.76. The van der Waals surface area contributed by atoms with E-state index >= 15 is 0 Å². The normalized spacial score (nSPS) is 14.6. The summed E-state index contributed by atoms with van der Waals surface area (Å²) >= 11 is -14.2. The summed E-state index contributed by atoms with van der Waals surface area (Å²) in [5, 5.41) is 0. The van der Waals surface area contributed by atoms with Crippen molar-refractivity contribution in [1.29, 1.82) is 0 Å². The smallest absolute Gasteiger partial charge is 4.00 e. The van der Waals surface area contributed by atoms with Gasteiger partial charge in [0.1, 0.15) is 0 Å². The zero-order valence-electron chi connectivity index (χ0n) is 7.00. The van der Waals surface area contributed by atoms with Gasteiger partial charge in [0.05, 0.1) is 0 Å². The van der Waals surface area contributed by atoms with Crippen LogP contribution in [0.2, 0.25) is 0 Å². The van der Waals surface area contributed by atoms with Crippen LogP contribution in [0.3, 0.4) is 0 Å². The van der Waals surface area contributed by atoms with Gasteiger partial charge in [-0.2, -0.15) is 0 Å². The Kier molecular flexibility index (Phi) is 48.2. The maximum Gasteiger partial charge on any atom is 4.00 e. The fraction of sp³-hybridized carbons (Fsp3) is 0. The predicted molar refractivity (Wildman–Crippen MR) is 34.6 cm³/mol. The van der Waals surface area contributed by atoms with Crippen molar-refractivity contribution in [2.75, 3.05) is 0 Å². The molecule has 17 heavy (non-hydrogen) atoms. The molecule has 4 unspecified atom stereocenters. The van der Waals surface area contributed by atoms with Crippen LogP contribution in [0.15, 0.2) is 0 Å². The molecule has 0 amide bonds. The van der Waals surface area contributed by atoms with Crippen LogP contribution in [0.4, 0.5) is 0 Å². The van der Waals surface area contributed by atoms with Crippen LogP contribution in [0.25, 0.3) is 0 Å². The summed E-state index contributed by atoms with van der Waals surface area (Å²) in [5.41, 5.74) is 0. The molecule has 0 saturated heterocycles. The van der Waals surface area contributed by atoms with Gasteiger partial charge in [-0.1, -0.05) is 0 Å². The van der Waals surface area contributed by atoms with E-state index in [0.29, 0.717) is 0 Å². The first kappa shape index (κ1) is 31.2. The van der Waals surface area contributed by atoms with Crippen LogP contribution in [-0.4, -0.2) is 74.7 Å². The van der Waals surface area contributed by atoms with Gasteiger partial charge in [0.15, 0.2) is 0 Å². The summed E-state index contributed by atoms with van der Waals surface area (Å²) < 4.78 is 97.5. The molecule has 0 aromatic carbocycles. The Morgan fingerprint density at radius 3 is 0.529 bits per heavy atom. The molecule has 0 aliphatic carbocycles. The molecule has 110 valence electrons. The first-order chi connectivity index (χ1) is 6.93. The minimum Gasteiger partial charge on any atom is 4.00 e. The molecule has 0 saturated carbocycles. The molecule has 0 bridgehead atoms. The van der Waals surface area contributed by atoms with Crippen LogP contribution >= 0.6 is 0 Å². The van der Waals surface area contributed by atoms with Crippen LogP contribution in [0.1, 0.15) is 0 Å². The van der Waals surface area contributed by atoms with Crippen LogP contribution < -0.4 is 16.8 Å². The molecule has 12 nitrogen and oxygen atoms in total. The molecule has 0 aliphatic rings. The molecule has 0 aromatic heterocycles. The van der Waals surface area contributed by atoms with E-state index in [4.69, 9.17) is 48.8 Å². The first-order valence-electron chi connectivity index (χ1n) is 2.06. The maximum absolute atomic E-state index is 8.65. The quantitative estimate of drug-likeness (QED) is 0.172. The fourth-order valence-corrected chi connectivity index (χ4v) is 0. The average molecular weight is 707 g/mol. The van der Waals surface area contributed by atoms with Crippen LogP contribution in [0, 0.1) is 0 Å². The van der Waals surface area contributed by atoms with E-state index in [0.717, 1.165) is 0 Å². The first-order valence-corrected chi connectivity index (χ1v) is 10.7. The summed E-state index contributed by atoms with van der Waals surface area (Å²) in [5.74, 6) is 0. The standard InChI is InChI=1S/4H2O3Se.Pt/c4*1-4(2)3;/h4*(H2,1,2,3);/q;;;;+4/p-4. The summed E-state index contributed by atoms with van der Waals surface area (Å²) in [6.07, 6.45) is 0. The zero-order valence-corrected chi connectivity index (χ0v) is 16.1. The monoisotopic (exact) mass is 711 g/mol. The van der Waals surface area contributed by atoms with E-state index in [1.165, 1.54) is 0 Å². The van der Waals surface area contributed by atoms with Crippen molar-refractivity contribution >= 4 is 58.0 Å². The number of hydrogen-bond acceptors (Lipinski definition) is 8. The Morgan fingerprint density at radius 1 is 0.529 bits per heavy atom. The van der Waals surface area contributed by atoms with Crippen molar-refractivity contribution in [3.8, 4) is 0 Å². The van der Waals surface area contributed by atoms with Crippen LogP contribution in [0.5, 0.6) is 0 Å². The summed E-state index contributed by atoms with van der Waals surface area (Å²) in [6, 6.07) is 0. The topological polar surface area (TPSA) is 241 Å². The van der Waals surface area contributed by atoms with Gasteiger partial charge >= 0.3 is 128 Å². The molecule has 0 radical (unpaired) electrons. The number of rotatable bonds is 0. The molecule has 0 rings (SSSR count). The summed E-state index contributed by atoms with van der Waals surface area (Å²) in [6.45, 7) is 0. The van der Waals surface area contributed by atoms with Crippen molar-refractivity contribution in [3.05, 3.63) is 0 Å². The minimum absolute atomic E-state index is 0. The second-order valence-electron chi connectivity index (χ2n) is 0.868. The molecular formula is H4O12PtSe4. The van der Waals surface area contributed by atoms with E-state index in [9.17, 15) is 0 Å². The second kappa shape index (κ2) is 26.3. The molecule has 0 fully saturated rings. The second-order valence-corrected chi connectivity index (χ2v) is 4.51. The Labute approximate surface area is 127 Å². The third-order valence-corrected chi connectivity index (χ3v) is 0. The SMILES string of the molecule is O=[Se]([O-])O.O=[Se]([O-])O.O=[Se]([O-])O.O=[Se]([O-])O.[Pt+4]. The molecule has 0 heterocycles.